The van der Waals surface area contributed by atoms with Crippen LogP contribution in [0.4, 0.5) is 5.69 Å². The van der Waals surface area contributed by atoms with Gasteiger partial charge in [-0.2, -0.15) is 0 Å². The van der Waals surface area contributed by atoms with Crippen LogP contribution in [-0.4, -0.2) is 32.5 Å². The minimum absolute atomic E-state index is 0.00672. The molecule has 3 aliphatic heterocycles. The van der Waals surface area contributed by atoms with Crippen LogP contribution in [0.5, 0.6) is 0 Å². The number of hydrogen-bond acceptors (Lipinski definition) is 4. The Bertz CT molecular complexity index is 750. The summed E-state index contributed by atoms with van der Waals surface area (Å²) in [6, 6.07) is 5.89. The van der Waals surface area contributed by atoms with Gasteiger partial charge in [-0.1, -0.05) is 0 Å². The normalized spacial score (nSPS) is 29.7. The van der Waals surface area contributed by atoms with Crippen LogP contribution in [0.2, 0.25) is 0 Å². The van der Waals surface area contributed by atoms with E-state index in [0.717, 1.165) is 49.8 Å². The quantitative estimate of drug-likeness (QED) is 0.772. The Labute approximate surface area is 142 Å². The number of amides is 1. The smallest absolute Gasteiger partial charge is 0.240 e. The third-order valence-electron chi connectivity index (χ3n) is 5.31. The molecule has 3 N–H and O–H groups in total. The van der Waals surface area contributed by atoms with Crippen LogP contribution in [-0.2, 0) is 21.2 Å². The highest BCUT2D eigenvalue weighted by Crippen LogP contribution is 2.29. The summed E-state index contributed by atoms with van der Waals surface area (Å²) in [5.74, 6) is -0.00679. The lowest BCUT2D eigenvalue weighted by molar-refractivity contribution is -0.116. The lowest BCUT2D eigenvalue weighted by Crippen LogP contribution is -2.47. The van der Waals surface area contributed by atoms with E-state index in [9.17, 15) is 13.2 Å². The minimum Gasteiger partial charge on any atom is -0.326 e. The van der Waals surface area contributed by atoms with Crippen molar-refractivity contribution in [2.75, 3.05) is 5.32 Å². The highest BCUT2D eigenvalue weighted by atomic mass is 32.2. The Kier molecular flexibility index (Phi) is 4.10. The molecule has 3 aliphatic rings. The van der Waals surface area contributed by atoms with E-state index >= 15 is 0 Å². The predicted octanol–water partition coefficient (Wildman–Crippen LogP) is 1.52. The van der Waals surface area contributed by atoms with Gasteiger partial charge in [0.1, 0.15) is 0 Å². The topological polar surface area (TPSA) is 87.3 Å². The van der Waals surface area contributed by atoms with Crippen LogP contribution in [0, 0.1) is 0 Å². The largest absolute Gasteiger partial charge is 0.326 e. The Hall–Kier alpha value is -1.44. The number of carbonyl (C=O) groups excluding carboxylic acids is 1. The molecule has 4 rings (SSSR count). The second-order valence-electron chi connectivity index (χ2n) is 7.15. The van der Waals surface area contributed by atoms with Crippen LogP contribution in [0.25, 0.3) is 0 Å². The van der Waals surface area contributed by atoms with Crippen molar-refractivity contribution in [1.29, 1.82) is 0 Å². The van der Waals surface area contributed by atoms with E-state index in [2.05, 4.69) is 15.4 Å². The number of rotatable bonds is 3. The van der Waals surface area contributed by atoms with E-state index in [0.29, 0.717) is 23.4 Å². The van der Waals surface area contributed by atoms with Gasteiger partial charge in [0.15, 0.2) is 0 Å². The van der Waals surface area contributed by atoms with Crippen molar-refractivity contribution in [2.24, 2.45) is 0 Å². The fourth-order valence-electron chi connectivity index (χ4n) is 4.16. The van der Waals surface area contributed by atoms with Crippen LogP contribution in [0.3, 0.4) is 0 Å². The van der Waals surface area contributed by atoms with Crippen LogP contribution in [0.15, 0.2) is 23.1 Å². The first-order valence-electron chi connectivity index (χ1n) is 8.71. The van der Waals surface area contributed by atoms with Gasteiger partial charge in [-0.25, -0.2) is 13.1 Å². The van der Waals surface area contributed by atoms with Gasteiger partial charge in [-0.15, -0.1) is 0 Å². The van der Waals surface area contributed by atoms with Gasteiger partial charge in [-0.05, 0) is 62.3 Å². The molecule has 2 fully saturated rings. The molecule has 6 nitrogen and oxygen atoms in total. The zero-order valence-corrected chi connectivity index (χ0v) is 14.4. The number of sulfonamides is 1. The van der Waals surface area contributed by atoms with E-state index in [1.807, 2.05) is 0 Å². The fraction of sp³-hybridized carbons (Fsp3) is 0.588. The molecule has 0 radical (unpaired) electrons. The van der Waals surface area contributed by atoms with Crippen molar-refractivity contribution < 1.29 is 13.2 Å². The molecule has 2 atom stereocenters. The zero-order valence-electron chi connectivity index (χ0n) is 13.5. The van der Waals surface area contributed by atoms with Gasteiger partial charge < -0.3 is 10.6 Å². The van der Waals surface area contributed by atoms with Crippen LogP contribution in [0.1, 0.15) is 44.1 Å². The van der Waals surface area contributed by atoms with Crippen molar-refractivity contribution in [2.45, 2.75) is 68.0 Å². The number of piperidine rings is 1. The minimum atomic E-state index is -3.53. The first-order valence-corrected chi connectivity index (χ1v) is 10.2. The summed E-state index contributed by atoms with van der Waals surface area (Å²) >= 11 is 0. The highest BCUT2D eigenvalue weighted by Gasteiger charge is 2.35. The van der Waals surface area contributed by atoms with Gasteiger partial charge in [0.25, 0.3) is 0 Å². The number of aryl methyl sites for hydroxylation is 1. The molecule has 1 aromatic rings. The maximum absolute atomic E-state index is 12.8. The molecular weight excluding hydrogens is 326 g/mol. The molecule has 0 spiro atoms. The van der Waals surface area contributed by atoms with Crippen molar-refractivity contribution >= 4 is 21.6 Å². The van der Waals surface area contributed by atoms with E-state index < -0.39 is 10.0 Å². The lowest BCUT2D eigenvalue weighted by atomic mass is 10.0. The van der Waals surface area contributed by atoms with Gasteiger partial charge in [0.2, 0.25) is 15.9 Å². The van der Waals surface area contributed by atoms with Gasteiger partial charge in [0, 0.05) is 30.2 Å². The summed E-state index contributed by atoms with van der Waals surface area (Å²) in [4.78, 5) is 11.9. The highest BCUT2D eigenvalue weighted by molar-refractivity contribution is 7.89. The molecule has 7 heteroatoms. The van der Waals surface area contributed by atoms with Crippen LogP contribution >= 0.6 is 0 Å². The number of fused-ring (bicyclic) bond motifs is 3. The molecule has 0 saturated carbocycles. The molecule has 0 aliphatic carbocycles. The second-order valence-corrected chi connectivity index (χ2v) is 8.86. The number of benzene rings is 1. The first kappa shape index (κ1) is 16.1. The molecule has 130 valence electrons. The monoisotopic (exact) mass is 349 g/mol. The van der Waals surface area contributed by atoms with Crippen molar-refractivity contribution in [3.8, 4) is 0 Å². The van der Waals surface area contributed by atoms with E-state index in [1.165, 1.54) is 0 Å². The summed E-state index contributed by atoms with van der Waals surface area (Å²) < 4.78 is 28.4. The van der Waals surface area contributed by atoms with E-state index in [-0.39, 0.29) is 11.9 Å². The fourth-order valence-corrected chi connectivity index (χ4v) is 5.47. The number of nitrogens with one attached hydrogen (secondary N) is 3. The molecule has 2 unspecified atom stereocenters. The summed E-state index contributed by atoms with van der Waals surface area (Å²) in [6.45, 7) is 0. The van der Waals surface area contributed by atoms with Gasteiger partial charge in [-0.3, -0.25) is 4.79 Å². The van der Waals surface area contributed by atoms with E-state index in [4.69, 9.17) is 0 Å². The van der Waals surface area contributed by atoms with E-state index in [1.54, 1.807) is 18.2 Å². The Balaban J connectivity index is 1.54. The Morgan fingerprint density at radius 1 is 1.08 bits per heavy atom. The molecule has 24 heavy (non-hydrogen) atoms. The summed E-state index contributed by atoms with van der Waals surface area (Å²) in [7, 11) is -3.53. The van der Waals surface area contributed by atoms with Gasteiger partial charge >= 0.3 is 0 Å². The molecule has 2 saturated heterocycles. The van der Waals surface area contributed by atoms with Crippen molar-refractivity contribution in [3.05, 3.63) is 23.8 Å². The number of anilines is 1. The average Bonchev–Trinajstić information content (AvgIpc) is 2.75. The second kappa shape index (κ2) is 6.13. The zero-order chi connectivity index (χ0) is 16.7. The Morgan fingerprint density at radius 2 is 1.83 bits per heavy atom. The molecule has 0 aromatic heterocycles. The summed E-state index contributed by atoms with van der Waals surface area (Å²) in [6.07, 6.45) is 5.94. The average molecular weight is 349 g/mol. The summed E-state index contributed by atoms with van der Waals surface area (Å²) in [5.41, 5.74) is 1.63. The van der Waals surface area contributed by atoms with Gasteiger partial charge in [0.05, 0.1) is 4.90 Å². The summed E-state index contributed by atoms with van der Waals surface area (Å²) in [5, 5.41) is 6.36. The number of hydrogen-bond donors (Lipinski definition) is 3. The van der Waals surface area contributed by atoms with Crippen LogP contribution < -0.4 is 15.4 Å². The lowest BCUT2D eigenvalue weighted by Gasteiger charge is -2.29. The van der Waals surface area contributed by atoms with Crippen molar-refractivity contribution in [3.63, 3.8) is 0 Å². The molecule has 3 heterocycles. The molecule has 1 aromatic carbocycles. The third kappa shape index (κ3) is 3.20. The maximum atomic E-state index is 12.8. The first-order chi connectivity index (χ1) is 11.5. The van der Waals surface area contributed by atoms with Crippen molar-refractivity contribution in [1.82, 2.24) is 10.0 Å². The standard InChI is InChI=1S/C17H23N3O3S/c21-17-3-1-2-11-8-15(6-7-16(11)19-17)24(22,23)20-14-9-12-4-5-13(10-14)18-12/h6-8,12-14,18,20H,1-5,9-10H2,(H,19,21). The molecule has 1 amide bonds. The molecule has 2 bridgehead atoms. The number of carbonyl (C=O) groups is 1. The molecular formula is C17H23N3O3S. The SMILES string of the molecule is O=C1CCCc2cc(S(=O)(=O)NC3CC4CCC(C3)N4)ccc2N1. The predicted molar refractivity (Wildman–Crippen MR) is 91.3 cm³/mol. The maximum Gasteiger partial charge on any atom is 0.240 e. The Morgan fingerprint density at radius 3 is 2.58 bits per heavy atom. The third-order valence-corrected chi connectivity index (χ3v) is 6.82.